The second-order valence-electron chi connectivity index (χ2n) is 10.8. The number of amides is 1. The topological polar surface area (TPSA) is 117 Å². The Hall–Kier alpha value is -3.18. The number of rotatable bonds is 9. The van der Waals surface area contributed by atoms with Gasteiger partial charge < -0.3 is 19.9 Å². The molecule has 3 atom stereocenters. The Labute approximate surface area is 225 Å². The summed E-state index contributed by atoms with van der Waals surface area (Å²) in [4.78, 5) is 12.8. The summed E-state index contributed by atoms with van der Waals surface area (Å²) in [6.45, 7) is 4.95. The minimum Gasteiger partial charge on any atom is -0.492 e. The van der Waals surface area contributed by atoms with Gasteiger partial charge in [-0.15, -0.1) is 5.10 Å². The standard InChI is InChI=1S/C30H40N4O4/c1-3-37-29-17-27(12-8-23(29)18-31)38-26-13-9-24(10-14-26)32-30(36)28-15-11-25(33-34-28)16-22-7-6-21(19-35)5-4-20(22)2/h8,11-12,15,17,20-22,24,26,35H,3-7,9-10,13-14,16,19H2,1-2H3,(H,32,36). The van der Waals surface area contributed by atoms with Gasteiger partial charge in [0.05, 0.1) is 24.0 Å². The Morgan fingerprint density at radius 3 is 2.55 bits per heavy atom. The molecule has 3 unspecified atom stereocenters. The van der Waals surface area contributed by atoms with Gasteiger partial charge in [-0.3, -0.25) is 4.79 Å². The van der Waals surface area contributed by atoms with E-state index in [1.807, 2.05) is 13.0 Å². The number of hydrogen-bond donors (Lipinski definition) is 2. The number of carbonyl (C=O) groups excluding carboxylic acids is 1. The zero-order chi connectivity index (χ0) is 26.9. The van der Waals surface area contributed by atoms with Gasteiger partial charge in [-0.2, -0.15) is 10.4 Å². The fraction of sp³-hybridized carbons (Fsp3) is 0.600. The van der Waals surface area contributed by atoms with Crippen molar-refractivity contribution < 1.29 is 19.4 Å². The lowest BCUT2D eigenvalue weighted by Gasteiger charge is -2.29. The smallest absolute Gasteiger partial charge is 0.272 e. The van der Waals surface area contributed by atoms with Gasteiger partial charge in [0.1, 0.15) is 17.6 Å². The Kier molecular flexibility index (Phi) is 9.94. The molecule has 4 rings (SSSR count). The van der Waals surface area contributed by atoms with Gasteiger partial charge in [0.25, 0.3) is 5.91 Å². The number of nitrogens with zero attached hydrogens (tertiary/aromatic N) is 3. The first-order valence-electron chi connectivity index (χ1n) is 14.1. The average molecular weight is 521 g/mol. The molecule has 1 heterocycles. The van der Waals surface area contributed by atoms with Crippen LogP contribution in [-0.4, -0.2) is 46.6 Å². The summed E-state index contributed by atoms with van der Waals surface area (Å²) in [5.74, 6) is 2.61. The van der Waals surface area contributed by atoms with E-state index in [0.717, 1.165) is 63.5 Å². The van der Waals surface area contributed by atoms with Crippen molar-refractivity contribution >= 4 is 5.91 Å². The molecule has 2 aliphatic rings. The van der Waals surface area contributed by atoms with E-state index in [1.165, 1.54) is 0 Å². The highest BCUT2D eigenvalue weighted by molar-refractivity contribution is 5.92. The lowest BCUT2D eigenvalue weighted by Crippen LogP contribution is -2.40. The molecule has 2 saturated carbocycles. The summed E-state index contributed by atoms with van der Waals surface area (Å²) in [5.41, 5.74) is 1.77. The maximum atomic E-state index is 12.8. The van der Waals surface area contributed by atoms with E-state index in [4.69, 9.17) is 9.47 Å². The fourth-order valence-electron chi connectivity index (χ4n) is 5.68. The monoisotopic (exact) mass is 520 g/mol. The van der Waals surface area contributed by atoms with Crippen LogP contribution >= 0.6 is 0 Å². The van der Waals surface area contributed by atoms with Gasteiger partial charge in [-0.1, -0.05) is 13.3 Å². The molecular formula is C30H40N4O4. The van der Waals surface area contributed by atoms with Crippen molar-refractivity contribution in [1.29, 1.82) is 5.26 Å². The number of nitrogens with one attached hydrogen (secondary N) is 1. The molecule has 0 bridgehead atoms. The predicted molar refractivity (Wildman–Crippen MR) is 144 cm³/mol. The molecular weight excluding hydrogens is 480 g/mol. The van der Waals surface area contributed by atoms with Gasteiger partial charge in [0, 0.05) is 18.7 Å². The van der Waals surface area contributed by atoms with Crippen molar-refractivity contribution in [3.05, 3.63) is 47.3 Å². The molecule has 0 aliphatic heterocycles. The number of nitriles is 1. The second-order valence-corrected chi connectivity index (χ2v) is 10.8. The largest absolute Gasteiger partial charge is 0.492 e. The number of aromatic nitrogens is 2. The van der Waals surface area contributed by atoms with Crippen LogP contribution in [0, 0.1) is 29.1 Å². The number of carbonyl (C=O) groups is 1. The third-order valence-corrected chi connectivity index (χ3v) is 8.15. The molecule has 2 aromatic rings. The molecule has 2 fully saturated rings. The highest BCUT2D eigenvalue weighted by Crippen LogP contribution is 2.33. The Morgan fingerprint density at radius 2 is 1.87 bits per heavy atom. The van der Waals surface area contributed by atoms with Crippen molar-refractivity contribution in [2.45, 2.75) is 83.8 Å². The second kappa shape index (κ2) is 13.6. The van der Waals surface area contributed by atoms with Crippen LogP contribution in [0.15, 0.2) is 30.3 Å². The van der Waals surface area contributed by atoms with Crippen molar-refractivity contribution in [3.8, 4) is 17.6 Å². The van der Waals surface area contributed by atoms with E-state index in [-0.39, 0.29) is 24.7 Å². The predicted octanol–water partition coefficient (Wildman–Crippen LogP) is 4.84. The molecule has 38 heavy (non-hydrogen) atoms. The molecule has 1 amide bonds. The van der Waals surface area contributed by atoms with Gasteiger partial charge in [-0.25, -0.2) is 0 Å². The minimum absolute atomic E-state index is 0.0590. The molecule has 0 spiro atoms. The number of ether oxygens (including phenoxy) is 2. The number of aliphatic hydroxyl groups excluding tert-OH is 1. The van der Waals surface area contributed by atoms with Gasteiger partial charge in [0.15, 0.2) is 5.69 Å². The summed E-state index contributed by atoms with van der Waals surface area (Å²) in [6, 6.07) is 11.2. The quantitative estimate of drug-likeness (QED) is 0.454. The van der Waals surface area contributed by atoms with E-state index >= 15 is 0 Å². The molecule has 2 N–H and O–H groups in total. The minimum atomic E-state index is -0.185. The molecule has 2 aliphatic carbocycles. The van der Waals surface area contributed by atoms with Crippen LogP contribution < -0.4 is 14.8 Å². The Morgan fingerprint density at radius 1 is 1.08 bits per heavy atom. The summed E-state index contributed by atoms with van der Waals surface area (Å²) >= 11 is 0. The summed E-state index contributed by atoms with van der Waals surface area (Å²) < 4.78 is 11.7. The van der Waals surface area contributed by atoms with Gasteiger partial charge >= 0.3 is 0 Å². The van der Waals surface area contributed by atoms with E-state index in [9.17, 15) is 15.2 Å². The first-order chi connectivity index (χ1) is 18.5. The van der Waals surface area contributed by atoms with E-state index in [0.29, 0.717) is 47.1 Å². The summed E-state index contributed by atoms with van der Waals surface area (Å²) in [6.07, 6.45) is 8.63. The normalized spacial score (nSPS) is 25.6. The first-order valence-corrected chi connectivity index (χ1v) is 14.1. The highest BCUT2D eigenvalue weighted by Gasteiger charge is 2.26. The zero-order valence-corrected chi connectivity index (χ0v) is 22.6. The van der Waals surface area contributed by atoms with Crippen LogP contribution in [0.4, 0.5) is 0 Å². The average Bonchev–Trinajstić information content (AvgIpc) is 3.11. The lowest BCUT2D eigenvalue weighted by atomic mass is 9.86. The van der Waals surface area contributed by atoms with Crippen molar-refractivity contribution in [1.82, 2.24) is 15.5 Å². The molecule has 8 heteroatoms. The number of aliphatic hydroxyl groups is 1. The highest BCUT2D eigenvalue weighted by atomic mass is 16.5. The van der Waals surface area contributed by atoms with Crippen molar-refractivity contribution in [2.75, 3.05) is 13.2 Å². The summed E-state index contributed by atoms with van der Waals surface area (Å²) in [5, 5.41) is 30.5. The molecule has 1 aromatic carbocycles. The van der Waals surface area contributed by atoms with Crippen LogP contribution in [0.5, 0.6) is 11.5 Å². The Balaban J connectivity index is 1.24. The lowest BCUT2D eigenvalue weighted by molar-refractivity contribution is 0.0887. The van der Waals surface area contributed by atoms with Crippen LogP contribution in [0.25, 0.3) is 0 Å². The molecule has 0 saturated heterocycles. The maximum Gasteiger partial charge on any atom is 0.272 e. The maximum absolute atomic E-state index is 12.8. The van der Waals surface area contributed by atoms with Crippen LogP contribution in [0.3, 0.4) is 0 Å². The van der Waals surface area contributed by atoms with Crippen LogP contribution in [-0.2, 0) is 6.42 Å². The van der Waals surface area contributed by atoms with Gasteiger partial charge in [0.2, 0.25) is 0 Å². The number of benzene rings is 1. The fourth-order valence-corrected chi connectivity index (χ4v) is 5.68. The third kappa shape index (κ3) is 7.44. The summed E-state index contributed by atoms with van der Waals surface area (Å²) in [7, 11) is 0. The van der Waals surface area contributed by atoms with Crippen LogP contribution in [0.1, 0.15) is 87.0 Å². The molecule has 1 aromatic heterocycles. The van der Waals surface area contributed by atoms with E-state index in [1.54, 1.807) is 24.3 Å². The molecule has 8 nitrogen and oxygen atoms in total. The van der Waals surface area contributed by atoms with Gasteiger partial charge in [-0.05, 0) is 100 Å². The third-order valence-electron chi connectivity index (χ3n) is 8.15. The van der Waals surface area contributed by atoms with Crippen molar-refractivity contribution in [2.24, 2.45) is 17.8 Å². The SMILES string of the molecule is CCOc1cc(OC2CCC(NC(=O)c3ccc(CC4CCC(CO)CCC4C)nn3)CC2)ccc1C#N. The van der Waals surface area contributed by atoms with Crippen LogP contribution in [0.2, 0.25) is 0 Å². The zero-order valence-electron chi connectivity index (χ0n) is 22.6. The Bertz CT molecular complexity index is 1090. The first kappa shape index (κ1) is 27.8. The number of hydrogen-bond acceptors (Lipinski definition) is 7. The van der Waals surface area contributed by atoms with Crippen molar-refractivity contribution in [3.63, 3.8) is 0 Å². The van der Waals surface area contributed by atoms with E-state index in [2.05, 4.69) is 28.5 Å². The molecule has 0 radical (unpaired) electrons. The van der Waals surface area contributed by atoms with E-state index < -0.39 is 0 Å². The molecule has 204 valence electrons.